The van der Waals surface area contributed by atoms with Crippen molar-refractivity contribution in [2.24, 2.45) is 5.92 Å². The van der Waals surface area contributed by atoms with E-state index in [9.17, 15) is 0 Å². The summed E-state index contributed by atoms with van der Waals surface area (Å²) >= 11 is 5.12. The van der Waals surface area contributed by atoms with Crippen molar-refractivity contribution in [1.29, 1.82) is 0 Å². The molecule has 1 aromatic rings. The summed E-state index contributed by atoms with van der Waals surface area (Å²) in [5, 5.41) is 6.46. The van der Waals surface area contributed by atoms with Gasteiger partial charge in [-0.25, -0.2) is 4.98 Å². The number of hydrogen-bond donors (Lipinski definition) is 1. The average molecular weight is 290 g/mol. The van der Waals surface area contributed by atoms with E-state index in [2.05, 4.69) is 36.5 Å². The molecule has 1 aromatic heterocycles. The second-order valence-electron chi connectivity index (χ2n) is 3.94. The van der Waals surface area contributed by atoms with Crippen LogP contribution < -0.4 is 10.2 Å². The van der Waals surface area contributed by atoms with Crippen LogP contribution in [-0.2, 0) is 0 Å². The molecule has 0 aromatic carbocycles. The molecule has 0 saturated carbocycles. The molecule has 0 atom stereocenters. The normalized spacial score (nSPS) is 18.4. The van der Waals surface area contributed by atoms with E-state index in [0.29, 0.717) is 0 Å². The van der Waals surface area contributed by atoms with Gasteiger partial charge >= 0.3 is 0 Å². The van der Waals surface area contributed by atoms with Gasteiger partial charge in [-0.1, -0.05) is 0 Å². The monoisotopic (exact) mass is 289 g/mol. The van der Waals surface area contributed by atoms with Crippen molar-refractivity contribution in [3.05, 3.63) is 9.98 Å². The number of nitrogens with one attached hydrogen (secondary N) is 1. The molecule has 1 N–H and O–H groups in total. The van der Waals surface area contributed by atoms with E-state index >= 15 is 0 Å². The van der Waals surface area contributed by atoms with Crippen molar-refractivity contribution >= 4 is 32.4 Å². The number of anilines is 1. The van der Waals surface area contributed by atoms with Crippen LogP contribution in [0.1, 0.15) is 12.8 Å². The summed E-state index contributed by atoms with van der Waals surface area (Å²) in [6.45, 7) is 3.44. The fraction of sp³-hybridized carbons (Fsp3) is 0.700. The van der Waals surface area contributed by atoms with Gasteiger partial charge in [0.25, 0.3) is 0 Å². The molecule has 0 spiro atoms. The SMILES string of the molecule is CNCC1CCN(c2nc(Br)cs2)CC1. The van der Waals surface area contributed by atoms with Crippen LogP contribution in [0.3, 0.4) is 0 Å². The van der Waals surface area contributed by atoms with Gasteiger partial charge < -0.3 is 10.2 Å². The first-order valence-electron chi connectivity index (χ1n) is 5.30. The highest BCUT2D eigenvalue weighted by molar-refractivity contribution is 9.10. The molecule has 0 radical (unpaired) electrons. The van der Waals surface area contributed by atoms with Crippen LogP contribution >= 0.6 is 27.3 Å². The molecule has 1 saturated heterocycles. The zero-order chi connectivity index (χ0) is 10.7. The van der Waals surface area contributed by atoms with Crippen LogP contribution in [0.5, 0.6) is 0 Å². The predicted molar refractivity (Wildman–Crippen MR) is 68.7 cm³/mol. The second kappa shape index (κ2) is 5.27. The lowest BCUT2D eigenvalue weighted by Gasteiger charge is -2.31. The van der Waals surface area contributed by atoms with E-state index in [4.69, 9.17) is 0 Å². The molecule has 3 nitrogen and oxygen atoms in total. The minimum Gasteiger partial charge on any atom is -0.348 e. The molecule has 84 valence electrons. The van der Waals surface area contributed by atoms with Crippen molar-refractivity contribution in [3.8, 4) is 0 Å². The molecular formula is C10H16BrN3S. The van der Waals surface area contributed by atoms with Crippen LogP contribution in [0.15, 0.2) is 9.98 Å². The number of aromatic nitrogens is 1. The summed E-state index contributed by atoms with van der Waals surface area (Å²) < 4.78 is 0.958. The zero-order valence-corrected chi connectivity index (χ0v) is 11.3. The van der Waals surface area contributed by atoms with Gasteiger partial charge in [0.2, 0.25) is 0 Å². The Labute approximate surface area is 103 Å². The third kappa shape index (κ3) is 2.92. The summed E-state index contributed by atoms with van der Waals surface area (Å²) in [6, 6.07) is 0. The standard InChI is InChI=1S/C10H16BrN3S/c1-12-6-8-2-4-14(5-3-8)10-13-9(11)7-15-10/h7-8,12H,2-6H2,1H3. The highest BCUT2D eigenvalue weighted by Crippen LogP contribution is 2.27. The molecular weight excluding hydrogens is 274 g/mol. The lowest BCUT2D eigenvalue weighted by Crippen LogP contribution is -2.36. The van der Waals surface area contributed by atoms with E-state index in [1.165, 1.54) is 12.8 Å². The summed E-state index contributed by atoms with van der Waals surface area (Å²) in [5.74, 6) is 0.842. The third-order valence-electron chi connectivity index (χ3n) is 2.84. The van der Waals surface area contributed by atoms with Gasteiger partial charge in [0.15, 0.2) is 5.13 Å². The van der Waals surface area contributed by atoms with Gasteiger partial charge in [0, 0.05) is 18.5 Å². The van der Waals surface area contributed by atoms with Crippen molar-refractivity contribution in [2.45, 2.75) is 12.8 Å². The van der Waals surface area contributed by atoms with Gasteiger partial charge in [0.1, 0.15) is 4.60 Å². The van der Waals surface area contributed by atoms with E-state index in [1.807, 2.05) is 7.05 Å². The van der Waals surface area contributed by atoms with Gasteiger partial charge in [-0.2, -0.15) is 0 Å². The molecule has 2 heterocycles. The Morgan fingerprint density at radius 1 is 1.60 bits per heavy atom. The number of nitrogens with zero attached hydrogens (tertiary/aromatic N) is 2. The van der Waals surface area contributed by atoms with Gasteiger partial charge in [0.05, 0.1) is 0 Å². The Hall–Kier alpha value is -0.130. The summed E-state index contributed by atoms with van der Waals surface area (Å²) in [6.07, 6.45) is 2.55. The molecule has 1 aliphatic rings. The number of piperidine rings is 1. The largest absolute Gasteiger partial charge is 0.348 e. The minimum atomic E-state index is 0.842. The van der Waals surface area contributed by atoms with Crippen molar-refractivity contribution < 1.29 is 0 Å². The van der Waals surface area contributed by atoms with Crippen LogP contribution in [0, 0.1) is 5.92 Å². The van der Waals surface area contributed by atoms with Gasteiger partial charge in [-0.3, -0.25) is 0 Å². The first kappa shape index (κ1) is 11.4. The van der Waals surface area contributed by atoms with Crippen LogP contribution in [0.4, 0.5) is 5.13 Å². The van der Waals surface area contributed by atoms with Crippen molar-refractivity contribution in [2.75, 3.05) is 31.6 Å². The lowest BCUT2D eigenvalue weighted by atomic mass is 9.97. The molecule has 0 aliphatic carbocycles. The highest BCUT2D eigenvalue weighted by atomic mass is 79.9. The number of thiazole rings is 1. The number of rotatable bonds is 3. The number of halogens is 1. The van der Waals surface area contributed by atoms with Crippen LogP contribution in [0.25, 0.3) is 0 Å². The first-order chi connectivity index (χ1) is 7.29. The Balaban J connectivity index is 1.88. The van der Waals surface area contributed by atoms with Crippen LogP contribution in [-0.4, -0.2) is 31.7 Å². The predicted octanol–water partition coefficient (Wildman–Crippen LogP) is 2.34. The van der Waals surface area contributed by atoms with Crippen molar-refractivity contribution in [3.63, 3.8) is 0 Å². The topological polar surface area (TPSA) is 28.2 Å². The summed E-state index contributed by atoms with van der Waals surface area (Å²) in [5.41, 5.74) is 0. The fourth-order valence-corrected chi connectivity index (χ4v) is 3.31. The molecule has 2 rings (SSSR count). The zero-order valence-electron chi connectivity index (χ0n) is 8.87. The maximum atomic E-state index is 4.45. The van der Waals surface area contributed by atoms with E-state index in [1.54, 1.807) is 11.3 Å². The molecule has 15 heavy (non-hydrogen) atoms. The molecule has 0 bridgehead atoms. The van der Waals surface area contributed by atoms with Crippen molar-refractivity contribution in [1.82, 2.24) is 10.3 Å². The summed E-state index contributed by atoms with van der Waals surface area (Å²) in [7, 11) is 2.03. The highest BCUT2D eigenvalue weighted by Gasteiger charge is 2.20. The first-order valence-corrected chi connectivity index (χ1v) is 6.97. The minimum absolute atomic E-state index is 0.842. The molecule has 1 aliphatic heterocycles. The van der Waals surface area contributed by atoms with Gasteiger partial charge in [-0.05, 0) is 48.3 Å². The number of hydrogen-bond acceptors (Lipinski definition) is 4. The second-order valence-corrected chi connectivity index (χ2v) is 5.59. The van der Waals surface area contributed by atoms with Gasteiger partial charge in [-0.15, -0.1) is 11.3 Å². The Morgan fingerprint density at radius 3 is 2.87 bits per heavy atom. The van der Waals surface area contributed by atoms with Crippen LogP contribution in [0.2, 0.25) is 0 Å². The lowest BCUT2D eigenvalue weighted by molar-refractivity contribution is 0.393. The Kier molecular flexibility index (Phi) is 3.99. The van der Waals surface area contributed by atoms with E-state index in [0.717, 1.165) is 35.3 Å². The summed E-state index contributed by atoms with van der Waals surface area (Å²) in [4.78, 5) is 6.84. The quantitative estimate of drug-likeness (QED) is 0.926. The Morgan fingerprint density at radius 2 is 2.33 bits per heavy atom. The molecule has 5 heteroatoms. The maximum Gasteiger partial charge on any atom is 0.186 e. The van der Waals surface area contributed by atoms with E-state index in [-0.39, 0.29) is 0 Å². The fourth-order valence-electron chi connectivity index (χ4n) is 2.01. The molecule has 0 amide bonds. The average Bonchev–Trinajstić information content (AvgIpc) is 2.67. The molecule has 0 unspecified atom stereocenters. The maximum absolute atomic E-state index is 4.45. The third-order valence-corrected chi connectivity index (χ3v) is 4.45. The Bertz CT molecular complexity index is 307. The molecule has 1 fully saturated rings. The van der Waals surface area contributed by atoms with E-state index < -0.39 is 0 Å². The smallest absolute Gasteiger partial charge is 0.186 e.